The van der Waals surface area contributed by atoms with E-state index in [1.807, 2.05) is 6.92 Å². The number of aliphatic hydroxyl groups excluding tert-OH is 1. The van der Waals surface area contributed by atoms with Crippen LogP contribution in [0.2, 0.25) is 0 Å². The van der Waals surface area contributed by atoms with Gasteiger partial charge in [0.05, 0.1) is 17.9 Å². The molecule has 12 heteroatoms. The summed E-state index contributed by atoms with van der Waals surface area (Å²) in [5, 5.41) is 19.9. The van der Waals surface area contributed by atoms with Crippen LogP contribution in [-0.2, 0) is 23.0 Å². The lowest BCUT2D eigenvalue weighted by molar-refractivity contribution is 0.102. The summed E-state index contributed by atoms with van der Waals surface area (Å²) in [6, 6.07) is 6.56. The summed E-state index contributed by atoms with van der Waals surface area (Å²) in [5.74, 6) is 0.340. The van der Waals surface area contributed by atoms with E-state index in [1.165, 1.54) is 10.6 Å². The Hall–Kier alpha value is -3.22. The van der Waals surface area contributed by atoms with Gasteiger partial charge < -0.3 is 15.0 Å². The zero-order valence-electron chi connectivity index (χ0n) is 18.6. The second kappa shape index (κ2) is 9.80. The van der Waals surface area contributed by atoms with Gasteiger partial charge in [0.25, 0.3) is 5.91 Å². The molecule has 3 aromatic rings. The molecule has 5 rings (SSSR count). The van der Waals surface area contributed by atoms with Gasteiger partial charge in [-0.05, 0) is 55.5 Å². The molecule has 3 aromatic heterocycles. The molecule has 1 saturated carbocycles. The van der Waals surface area contributed by atoms with Crippen molar-refractivity contribution in [3.8, 4) is 11.5 Å². The predicted molar refractivity (Wildman–Crippen MR) is 130 cm³/mol. The van der Waals surface area contributed by atoms with E-state index >= 15 is 0 Å². The largest absolute Gasteiger partial charge is 0.394 e. The lowest BCUT2D eigenvalue weighted by atomic mass is 10.0. The molecule has 2 N–H and O–H groups in total. The van der Waals surface area contributed by atoms with Gasteiger partial charge in [-0.2, -0.15) is 4.31 Å². The van der Waals surface area contributed by atoms with E-state index in [0.29, 0.717) is 30.3 Å². The van der Waals surface area contributed by atoms with Crippen molar-refractivity contribution in [2.45, 2.75) is 51.4 Å². The highest BCUT2D eigenvalue weighted by Crippen LogP contribution is 2.33. The summed E-state index contributed by atoms with van der Waals surface area (Å²) in [6.07, 6.45) is 5.18. The SMILES string of the molecule is C.C[C@H](CO)n1cnnc1-c1cccc(NC(=O)c2cc3c(cn2)CCN(S(=O)(=O)C2CC2)C3)n1. The number of nitrogens with one attached hydrogen (secondary N) is 1. The molecule has 11 nitrogen and oxygen atoms in total. The van der Waals surface area contributed by atoms with Gasteiger partial charge >= 0.3 is 0 Å². The number of carbonyl (C=O) groups excluding carboxylic acids is 1. The zero-order chi connectivity index (χ0) is 23.9. The summed E-state index contributed by atoms with van der Waals surface area (Å²) in [4.78, 5) is 21.6. The van der Waals surface area contributed by atoms with Crippen LogP contribution in [0.1, 0.15) is 54.8 Å². The van der Waals surface area contributed by atoms with E-state index < -0.39 is 15.9 Å². The zero-order valence-corrected chi connectivity index (χ0v) is 19.4. The van der Waals surface area contributed by atoms with Crippen molar-refractivity contribution in [1.29, 1.82) is 0 Å². The number of aromatic nitrogens is 5. The minimum Gasteiger partial charge on any atom is -0.394 e. The third-order valence-electron chi connectivity index (χ3n) is 6.13. The van der Waals surface area contributed by atoms with E-state index in [-0.39, 0.29) is 37.6 Å². The van der Waals surface area contributed by atoms with Crippen molar-refractivity contribution in [1.82, 2.24) is 29.0 Å². The normalized spacial score (nSPS) is 16.7. The Balaban J connectivity index is 0.00000289. The summed E-state index contributed by atoms with van der Waals surface area (Å²) >= 11 is 0. The number of amides is 1. The van der Waals surface area contributed by atoms with Crippen molar-refractivity contribution < 1.29 is 18.3 Å². The molecule has 2 aliphatic rings. The molecule has 1 aliphatic carbocycles. The maximum absolute atomic E-state index is 12.9. The van der Waals surface area contributed by atoms with Crippen LogP contribution in [0.15, 0.2) is 36.8 Å². The van der Waals surface area contributed by atoms with Crippen LogP contribution < -0.4 is 5.32 Å². The van der Waals surface area contributed by atoms with Crippen molar-refractivity contribution in [3.63, 3.8) is 0 Å². The lowest BCUT2D eigenvalue weighted by Crippen LogP contribution is -2.38. The minimum atomic E-state index is -3.28. The van der Waals surface area contributed by atoms with Gasteiger partial charge in [-0.3, -0.25) is 9.78 Å². The fraction of sp³-hybridized carbons (Fsp3) is 0.435. The van der Waals surface area contributed by atoms with Crippen LogP contribution in [-0.4, -0.2) is 66.9 Å². The summed E-state index contributed by atoms with van der Waals surface area (Å²) in [6.45, 7) is 2.45. The number of hydrogen-bond donors (Lipinski definition) is 2. The first-order chi connectivity index (χ1) is 16.4. The highest BCUT2D eigenvalue weighted by Gasteiger charge is 2.41. The van der Waals surface area contributed by atoms with E-state index in [4.69, 9.17) is 0 Å². The summed E-state index contributed by atoms with van der Waals surface area (Å²) in [7, 11) is -3.28. The molecular weight excluding hydrogens is 470 g/mol. The number of hydrogen-bond acceptors (Lipinski definition) is 8. The number of anilines is 1. The second-order valence-corrected chi connectivity index (χ2v) is 10.8. The van der Waals surface area contributed by atoms with Crippen molar-refractivity contribution in [2.24, 2.45) is 0 Å². The number of nitrogens with zero attached hydrogens (tertiary/aromatic N) is 6. The van der Waals surface area contributed by atoms with Crippen LogP contribution in [0, 0.1) is 0 Å². The predicted octanol–water partition coefficient (Wildman–Crippen LogP) is 2.03. The Kier molecular flexibility index (Phi) is 6.97. The van der Waals surface area contributed by atoms with Crippen LogP contribution in [0.25, 0.3) is 11.5 Å². The number of carbonyl (C=O) groups is 1. The van der Waals surface area contributed by atoms with Gasteiger partial charge in [-0.25, -0.2) is 13.4 Å². The second-order valence-electron chi connectivity index (χ2n) is 8.62. The molecule has 1 atom stereocenters. The summed E-state index contributed by atoms with van der Waals surface area (Å²) < 4.78 is 28.5. The van der Waals surface area contributed by atoms with Gasteiger partial charge in [0, 0.05) is 19.3 Å². The number of sulfonamides is 1. The Morgan fingerprint density at radius 2 is 2.09 bits per heavy atom. The maximum atomic E-state index is 12.9. The molecule has 0 spiro atoms. The molecule has 0 saturated heterocycles. The fourth-order valence-electron chi connectivity index (χ4n) is 3.98. The van der Waals surface area contributed by atoms with Crippen LogP contribution in [0.3, 0.4) is 0 Å². The average Bonchev–Trinajstić information content (AvgIpc) is 3.60. The highest BCUT2D eigenvalue weighted by molar-refractivity contribution is 7.90. The van der Waals surface area contributed by atoms with Crippen molar-refractivity contribution >= 4 is 21.7 Å². The molecule has 4 heterocycles. The molecule has 0 aromatic carbocycles. The van der Waals surface area contributed by atoms with E-state index in [2.05, 4.69) is 25.5 Å². The molecule has 0 bridgehead atoms. The Labute approximate surface area is 204 Å². The molecule has 0 radical (unpaired) electrons. The van der Waals surface area contributed by atoms with Gasteiger partial charge in [-0.1, -0.05) is 13.5 Å². The first kappa shape index (κ1) is 24.9. The molecule has 1 aliphatic heterocycles. The monoisotopic (exact) mass is 499 g/mol. The number of pyridine rings is 2. The first-order valence-electron chi connectivity index (χ1n) is 11.1. The Morgan fingerprint density at radius 3 is 2.83 bits per heavy atom. The quantitative estimate of drug-likeness (QED) is 0.503. The fourth-order valence-corrected chi connectivity index (χ4v) is 5.79. The Morgan fingerprint density at radius 1 is 1.29 bits per heavy atom. The van der Waals surface area contributed by atoms with Gasteiger partial charge in [-0.15, -0.1) is 10.2 Å². The maximum Gasteiger partial charge on any atom is 0.275 e. The third kappa shape index (κ3) is 4.95. The van der Waals surface area contributed by atoms with Gasteiger partial charge in [0.2, 0.25) is 10.0 Å². The van der Waals surface area contributed by atoms with Crippen LogP contribution >= 0.6 is 0 Å². The smallest absolute Gasteiger partial charge is 0.275 e. The van der Waals surface area contributed by atoms with E-state index in [0.717, 1.165) is 24.0 Å². The number of fused-ring (bicyclic) bond motifs is 1. The highest BCUT2D eigenvalue weighted by atomic mass is 32.2. The molecule has 35 heavy (non-hydrogen) atoms. The third-order valence-corrected chi connectivity index (χ3v) is 8.48. The standard InChI is InChI=1S/C22H25N7O4S.CH4/c1-14(12-30)29-13-24-27-21(29)18-3-2-4-20(25-18)26-22(31)19-9-16-11-28(8-7-15(16)10-23-19)34(32,33)17-5-6-17;/h2-4,9-10,13-14,17,30H,5-8,11-12H2,1H3,(H,25,26,31);1H4/t14-;/m1./s1. The van der Waals surface area contributed by atoms with Crippen molar-refractivity contribution in [3.05, 3.63) is 53.6 Å². The topological polar surface area (TPSA) is 143 Å². The van der Waals surface area contributed by atoms with E-state index in [1.54, 1.807) is 35.0 Å². The molecule has 0 unspecified atom stereocenters. The Bertz CT molecular complexity index is 1340. The van der Waals surface area contributed by atoms with Gasteiger partial charge in [0.1, 0.15) is 23.5 Å². The van der Waals surface area contributed by atoms with Crippen LogP contribution in [0.5, 0.6) is 0 Å². The first-order valence-corrected chi connectivity index (χ1v) is 12.6. The van der Waals surface area contributed by atoms with Crippen molar-refractivity contribution in [2.75, 3.05) is 18.5 Å². The number of aliphatic hydroxyl groups is 1. The molecule has 1 fully saturated rings. The number of rotatable bonds is 7. The van der Waals surface area contributed by atoms with Crippen LogP contribution in [0.4, 0.5) is 5.82 Å². The summed E-state index contributed by atoms with van der Waals surface area (Å²) in [5.41, 5.74) is 2.43. The van der Waals surface area contributed by atoms with E-state index in [9.17, 15) is 18.3 Å². The van der Waals surface area contributed by atoms with Gasteiger partial charge in [0.15, 0.2) is 5.82 Å². The molecular formula is C23H29N7O4S. The minimum absolute atomic E-state index is 0. The average molecular weight is 500 g/mol. The molecule has 186 valence electrons. The molecule has 1 amide bonds. The lowest BCUT2D eigenvalue weighted by Gasteiger charge is -2.28.